The smallest absolute Gasteiger partial charge is 0.366 e. The summed E-state index contributed by atoms with van der Waals surface area (Å²) in [4.78, 5) is 28.0. The number of morpholine rings is 1. The lowest BCUT2D eigenvalue weighted by atomic mass is 10.1. The molecule has 25 heavy (non-hydrogen) atoms. The van der Waals surface area contributed by atoms with Crippen LogP contribution in [0.5, 0.6) is 0 Å². The summed E-state index contributed by atoms with van der Waals surface area (Å²) in [5.74, 6) is -0.642. The first-order chi connectivity index (χ1) is 11.7. The van der Waals surface area contributed by atoms with Gasteiger partial charge < -0.3 is 15.5 Å². The van der Waals surface area contributed by atoms with E-state index in [-0.39, 0.29) is 30.7 Å². The molecule has 0 saturated carbocycles. The standard InChI is InChI=1S/C16H16F3N3O3/c17-16(18,19)14-8-22(3-4-25-14)7-10-6-13(23)11-5-9(15(20)24)1-2-12(11)21-10/h1-2,5-6,14H,3-4,7-8H2,(H2,20,24)(H,21,23)/t14-/m1/s1. The average Bonchev–Trinajstić information content (AvgIpc) is 2.54. The highest BCUT2D eigenvalue weighted by molar-refractivity contribution is 5.96. The van der Waals surface area contributed by atoms with Crippen LogP contribution in [-0.4, -0.2) is 47.8 Å². The Morgan fingerprint density at radius 2 is 2.12 bits per heavy atom. The molecule has 3 N–H and O–H groups in total. The molecular formula is C16H16F3N3O3. The number of amides is 1. The number of fused-ring (bicyclic) bond motifs is 1. The third-order valence-corrected chi connectivity index (χ3v) is 4.08. The van der Waals surface area contributed by atoms with Crippen LogP contribution in [0.15, 0.2) is 29.1 Å². The second-order valence-corrected chi connectivity index (χ2v) is 5.92. The first-order valence-corrected chi connectivity index (χ1v) is 7.60. The maximum atomic E-state index is 12.8. The molecule has 1 aromatic carbocycles. The van der Waals surface area contributed by atoms with Crippen molar-refractivity contribution in [3.63, 3.8) is 0 Å². The number of aromatic amines is 1. The minimum absolute atomic E-state index is 0.0238. The van der Waals surface area contributed by atoms with Crippen LogP contribution in [-0.2, 0) is 11.3 Å². The second-order valence-electron chi connectivity index (χ2n) is 5.92. The van der Waals surface area contributed by atoms with Gasteiger partial charge in [0, 0.05) is 47.9 Å². The number of aromatic nitrogens is 1. The van der Waals surface area contributed by atoms with E-state index < -0.39 is 18.2 Å². The van der Waals surface area contributed by atoms with Crippen LogP contribution >= 0.6 is 0 Å². The number of hydrogen-bond donors (Lipinski definition) is 2. The monoisotopic (exact) mass is 355 g/mol. The molecule has 0 radical (unpaired) electrons. The molecule has 134 valence electrons. The van der Waals surface area contributed by atoms with Gasteiger partial charge in [-0.15, -0.1) is 0 Å². The lowest BCUT2D eigenvalue weighted by molar-refractivity contribution is -0.237. The number of carbonyl (C=O) groups excluding carboxylic acids is 1. The number of halogens is 3. The number of carbonyl (C=O) groups is 1. The number of nitrogens with one attached hydrogen (secondary N) is 1. The van der Waals surface area contributed by atoms with E-state index >= 15 is 0 Å². The number of nitrogens with two attached hydrogens (primary N) is 1. The van der Waals surface area contributed by atoms with Crippen LogP contribution in [0.3, 0.4) is 0 Å². The molecule has 1 fully saturated rings. The van der Waals surface area contributed by atoms with Gasteiger partial charge in [-0.2, -0.15) is 13.2 Å². The van der Waals surface area contributed by atoms with E-state index in [9.17, 15) is 22.8 Å². The van der Waals surface area contributed by atoms with Crippen molar-refractivity contribution in [3.05, 3.63) is 45.7 Å². The van der Waals surface area contributed by atoms with Crippen molar-refractivity contribution in [2.24, 2.45) is 5.73 Å². The number of hydrogen-bond acceptors (Lipinski definition) is 4. The third-order valence-electron chi connectivity index (χ3n) is 4.08. The van der Waals surface area contributed by atoms with Gasteiger partial charge in [-0.05, 0) is 18.2 Å². The summed E-state index contributed by atoms with van der Waals surface area (Å²) in [6.07, 6.45) is -6.24. The van der Waals surface area contributed by atoms with Crippen molar-refractivity contribution >= 4 is 16.8 Å². The molecule has 9 heteroatoms. The van der Waals surface area contributed by atoms with E-state index in [0.29, 0.717) is 23.1 Å². The first kappa shape index (κ1) is 17.4. The zero-order valence-corrected chi connectivity index (χ0v) is 13.1. The van der Waals surface area contributed by atoms with E-state index in [4.69, 9.17) is 10.5 Å². The highest BCUT2D eigenvalue weighted by Crippen LogP contribution is 2.26. The number of ether oxygens (including phenoxy) is 1. The van der Waals surface area contributed by atoms with Crippen molar-refractivity contribution in [1.82, 2.24) is 9.88 Å². The zero-order valence-electron chi connectivity index (χ0n) is 13.1. The summed E-state index contributed by atoms with van der Waals surface area (Å²) in [7, 11) is 0. The molecule has 1 saturated heterocycles. The van der Waals surface area contributed by atoms with Gasteiger partial charge in [-0.25, -0.2) is 0 Å². The number of primary amides is 1. The van der Waals surface area contributed by atoms with Gasteiger partial charge in [0.15, 0.2) is 11.5 Å². The van der Waals surface area contributed by atoms with Crippen LogP contribution in [0.1, 0.15) is 16.1 Å². The molecule has 1 amide bonds. The molecule has 0 bridgehead atoms. The number of rotatable bonds is 3. The molecule has 2 heterocycles. The molecule has 0 aliphatic carbocycles. The molecule has 6 nitrogen and oxygen atoms in total. The van der Waals surface area contributed by atoms with Crippen molar-refractivity contribution in [2.75, 3.05) is 19.7 Å². The van der Waals surface area contributed by atoms with Gasteiger partial charge >= 0.3 is 6.18 Å². The van der Waals surface area contributed by atoms with Crippen LogP contribution in [0.25, 0.3) is 10.9 Å². The Hall–Kier alpha value is -2.39. The molecule has 1 aliphatic rings. The summed E-state index contributed by atoms with van der Waals surface area (Å²) in [6, 6.07) is 5.76. The number of alkyl halides is 3. The van der Waals surface area contributed by atoms with Crippen molar-refractivity contribution in [1.29, 1.82) is 0 Å². The fourth-order valence-electron chi connectivity index (χ4n) is 2.83. The maximum absolute atomic E-state index is 12.8. The Morgan fingerprint density at radius 1 is 1.36 bits per heavy atom. The second kappa shape index (κ2) is 6.49. The summed E-state index contributed by atoms with van der Waals surface area (Å²) < 4.78 is 43.1. The largest absolute Gasteiger partial charge is 0.415 e. The number of benzene rings is 1. The molecular weight excluding hydrogens is 339 g/mol. The summed E-state index contributed by atoms with van der Waals surface area (Å²) in [5, 5.41) is 0.301. The predicted molar refractivity (Wildman–Crippen MR) is 84.2 cm³/mol. The lowest BCUT2D eigenvalue weighted by Crippen LogP contribution is -2.48. The Kier molecular flexibility index (Phi) is 4.53. The first-order valence-electron chi connectivity index (χ1n) is 7.60. The van der Waals surface area contributed by atoms with Crippen LogP contribution < -0.4 is 11.2 Å². The minimum Gasteiger partial charge on any atom is -0.366 e. The number of nitrogens with zero attached hydrogens (tertiary/aromatic N) is 1. The minimum atomic E-state index is -4.42. The van der Waals surface area contributed by atoms with Crippen molar-refractivity contribution in [3.8, 4) is 0 Å². The molecule has 2 aromatic rings. The van der Waals surface area contributed by atoms with E-state index in [1.165, 1.54) is 18.2 Å². The fraction of sp³-hybridized carbons (Fsp3) is 0.375. The quantitative estimate of drug-likeness (QED) is 0.871. The fourth-order valence-corrected chi connectivity index (χ4v) is 2.83. The lowest BCUT2D eigenvalue weighted by Gasteiger charge is -2.33. The highest BCUT2D eigenvalue weighted by atomic mass is 19.4. The van der Waals surface area contributed by atoms with Crippen LogP contribution in [0.4, 0.5) is 13.2 Å². The van der Waals surface area contributed by atoms with E-state index in [2.05, 4.69) is 4.98 Å². The van der Waals surface area contributed by atoms with Gasteiger partial charge in [-0.1, -0.05) is 0 Å². The average molecular weight is 355 g/mol. The normalized spacial score (nSPS) is 19.2. The Bertz CT molecular complexity index is 863. The van der Waals surface area contributed by atoms with E-state index in [0.717, 1.165) is 0 Å². The topological polar surface area (TPSA) is 88.4 Å². The van der Waals surface area contributed by atoms with Crippen molar-refractivity contribution in [2.45, 2.75) is 18.8 Å². The zero-order chi connectivity index (χ0) is 18.2. The van der Waals surface area contributed by atoms with Gasteiger partial charge in [0.25, 0.3) is 0 Å². The summed E-state index contributed by atoms with van der Waals surface area (Å²) >= 11 is 0. The van der Waals surface area contributed by atoms with Crippen LogP contribution in [0.2, 0.25) is 0 Å². The third kappa shape index (κ3) is 3.83. The van der Waals surface area contributed by atoms with E-state index in [1.807, 2.05) is 0 Å². The Balaban J connectivity index is 1.84. The van der Waals surface area contributed by atoms with Crippen LogP contribution in [0, 0.1) is 0 Å². The van der Waals surface area contributed by atoms with Gasteiger partial charge in [-0.3, -0.25) is 14.5 Å². The predicted octanol–water partition coefficient (Wildman–Crippen LogP) is 1.39. The molecule has 0 unspecified atom stereocenters. The molecule has 1 aliphatic heterocycles. The molecule has 1 aromatic heterocycles. The number of pyridine rings is 1. The molecule has 0 spiro atoms. The highest BCUT2D eigenvalue weighted by Gasteiger charge is 2.43. The molecule has 1 atom stereocenters. The Labute approximate surface area is 140 Å². The van der Waals surface area contributed by atoms with Gasteiger partial charge in [0.1, 0.15) is 0 Å². The van der Waals surface area contributed by atoms with Gasteiger partial charge in [0.2, 0.25) is 5.91 Å². The molecule has 3 rings (SSSR count). The number of H-pyrrole nitrogens is 1. The summed E-state index contributed by atoms with van der Waals surface area (Å²) in [5.41, 5.74) is 6.07. The van der Waals surface area contributed by atoms with E-state index in [1.54, 1.807) is 11.0 Å². The maximum Gasteiger partial charge on any atom is 0.415 e. The van der Waals surface area contributed by atoms with Crippen molar-refractivity contribution < 1.29 is 22.7 Å². The summed E-state index contributed by atoms with van der Waals surface area (Å²) in [6.45, 7) is 0.195. The Morgan fingerprint density at radius 3 is 2.80 bits per heavy atom. The SMILES string of the molecule is NC(=O)c1ccc2[nH]c(CN3CCO[C@@H](C(F)(F)F)C3)cc(=O)c2c1. The van der Waals surface area contributed by atoms with Gasteiger partial charge in [0.05, 0.1) is 6.61 Å².